The molecule has 0 fully saturated rings. The van der Waals surface area contributed by atoms with E-state index >= 15 is 0 Å². The van der Waals surface area contributed by atoms with Crippen molar-refractivity contribution < 1.29 is 0 Å². The van der Waals surface area contributed by atoms with E-state index in [1.165, 1.54) is 0 Å². The Morgan fingerprint density at radius 1 is 1.25 bits per heavy atom. The summed E-state index contributed by atoms with van der Waals surface area (Å²) in [5.74, 6) is 0. The van der Waals surface area contributed by atoms with Crippen molar-refractivity contribution in [2.45, 2.75) is 19.9 Å². The van der Waals surface area contributed by atoms with E-state index in [2.05, 4.69) is 23.4 Å². The molecule has 2 aromatic rings. The molecule has 0 unspecified atom stereocenters. The van der Waals surface area contributed by atoms with Gasteiger partial charge in [-0.2, -0.15) is 0 Å². The number of hydrogen-bond acceptors (Lipinski definition) is 1. The Kier molecular flexibility index (Phi) is 3.22. The zero-order chi connectivity index (χ0) is 11.7. The van der Waals surface area contributed by atoms with E-state index in [1.54, 1.807) is 24.7 Å². The van der Waals surface area contributed by atoms with Crippen LogP contribution in [0.4, 0.5) is 0 Å². The molecule has 0 bridgehead atoms. The number of rotatable bonds is 2. The maximum Gasteiger partial charge on any atom is 0.0953 e. The van der Waals surface area contributed by atoms with Crippen molar-refractivity contribution in [2.24, 2.45) is 0 Å². The van der Waals surface area contributed by atoms with Crippen LogP contribution in [0.1, 0.15) is 19.9 Å². The van der Waals surface area contributed by atoms with Crippen molar-refractivity contribution >= 4 is 23.2 Å². The number of hydrogen-bond donors (Lipinski definition) is 0. The smallest absolute Gasteiger partial charge is 0.0953 e. The number of aromatic nitrogens is 2. The van der Waals surface area contributed by atoms with Crippen LogP contribution in [0.15, 0.2) is 30.7 Å². The normalized spacial score (nSPS) is 11.1. The lowest BCUT2D eigenvalue weighted by Crippen LogP contribution is -2.01. The summed E-state index contributed by atoms with van der Waals surface area (Å²) in [5.41, 5.74) is 1.91. The van der Waals surface area contributed by atoms with Gasteiger partial charge in [-0.25, -0.2) is 4.98 Å². The lowest BCUT2D eigenvalue weighted by atomic mass is 10.1. The Morgan fingerprint density at radius 2 is 2.00 bits per heavy atom. The molecule has 0 spiro atoms. The van der Waals surface area contributed by atoms with E-state index in [0.717, 1.165) is 11.3 Å². The second-order valence-electron chi connectivity index (χ2n) is 3.90. The maximum atomic E-state index is 6.16. The van der Waals surface area contributed by atoms with Crippen molar-refractivity contribution in [2.75, 3.05) is 0 Å². The highest BCUT2D eigenvalue weighted by atomic mass is 35.5. The SMILES string of the molecule is CC(C)n1cncc1-c1cc(Cl)ccc1Cl. The Morgan fingerprint density at radius 3 is 2.69 bits per heavy atom. The molecule has 84 valence electrons. The molecule has 0 N–H and O–H groups in total. The van der Waals surface area contributed by atoms with Gasteiger partial charge in [0.15, 0.2) is 0 Å². The largest absolute Gasteiger partial charge is 0.328 e. The quantitative estimate of drug-likeness (QED) is 0.775. The molecule has 0 saturated carbocycles. The second-order valence-corrected chi connectivity index (χ2v) is 4.75. The minimum Gasteiger partial charge on any atom is -0.328 e. The molecule has 0 atom stereocenters. The Hall–Kier alpha value is -0.990. The summed E-state index contributed by atoms with van der Waals surface area (Å²) in [6.45, 7) is 4.20. The monoisotopic (exact) mass is 254 g/mol. The average molecular weight is 255 g/mol. The van der Waals surface area contributed by atoms with Gasteiger partial charge in [-0.15, -0.1) is 0 Å². The van der Waals surface area contributed by atoms with Gasteiger partial charge in [0.1, 0.15) is 0 Å². The second kappa shape index (κ2) is 4.48. The Bertz CT molecular complexity index is 503. The summed E-state index contributed by atoms with van der Waals surface area (Å²) in [5, 5.41) is 1.36. The highest BCUT2D eigenvalue weighted by Gasteiger charge is 2.11. The van der Waals surface area contributed by atoms with Crippen LogP contribution in [-0.2, 0) is 0 Å². The first-order valence-electron chi connectivity index (χ1n) is 5.07. The van der Waals surface area contributed by atoms with Gasteiger partial charge in [-0.05, 0) is 32.0 Å². The van der Waals surface area contributed by atoms with E-state index in [4.69, 9.17) is 23.2 Å². The van der Waals surface area contributed by atoms with Crippen LogP contribution in [0, 0.1) is 0 Å². The van der Waals surface area contributed by atoms with Gasteiger partial charge in [0.2, 0.25) is 0 Å². The molecule has 0 amide bonds. The molecule has 1 aromatic heterocycles. The average Bonchev–Trinajstić information content (AvgIpc) is 2.70. The minimum atomic E-state index is 0.340. The van der Waals surface area contributed by atoms with E-state index < -0.39 is 0 Å². The molecule has 1 aromatic carbocycles. The zero-order valence-corrected chi connectivity index (χ0v) is 10.6. The summed E-state index contributed by atoms with van der Waals surface area (Å²) in [7, 11) is 0. The van der Waals surface area contributed by atoms with Crippen LogP contribution in [-0.4, -0.2) is 9.55 Å². The summed E-state index contributed by atoms with van der Waals surface area (Å²) < 4.78 is 2.07. The van der Waals surface area contributed by atoms with Gasteiger partial charge in [-0.1, -0.05) is 23.2 Å². The topological polar surface area (TPSA) is 17.8 Å². The molecule has 0 aliphatic rings. The molecule has 0 aliphatic carbocycles. The highest BCUT2D eigenvalue weighted by molar-refractivity contribution is 6.35. The lowest BCUT2D eigenvalue weighted by Gasteiger charge is -2.12. The molecular weight excluding hydrogens is 243 g/mol. The predicted molar refractivity (Wildman–Crippen MR) is 68.1 cm³/mol. The van der Waals surface area contributed by atoms with Gasteiger partial charge in [0.05, 0.1) is 23.2 Å². The highest BCUT2D eigenvalue weighted by Crippen LogP contribution is 2.31. The van der Waals surface area contributed by atoms with E-state index in [9.17, 15) is 0 Å². The molecule has 2 nitrogen and oxygen atoms in total. The standard InChI is InChI=1S/C12H12Cl2N2/c1-8(2)16-7-15-6-12(16)10-5-9(13)3-4-11(10)14/h3-8H,1-2H3. The van der Waals surface area contributed by atoms with Crippen molar-refractivity contribution in [1.29, 1.82) is 0 Å². The third-order valence-corrected chi connectivity index (χ3v) is 2.99. The molecule has 16 heavy (non-hydrogen) atoms. The third kappa shape index (κ3) is 2.08. The Labute approximate surface area is 105 Å². The molecular formula is C12H12Cl2N2. The predicted octanol–water partition coefficient (Wildman–Crippen LogP) is 4.44. The van der Waals surface area contributed by atoms with Crippen molar-refractivity contribution in [1.82, 2.24) is 9.55 Å². The van der Waals surface area contributed by atoms with Crippen LogP contribution in [0.2, 0.25) is 10.0 Å². The Balaban J connectivity index is 2.58. The number of benzene rings is 1. The fourth-order valence-corrected chi connectivity index (χ4v) is 2.01. The molecule has 2 rings (SSSR count). The van der Waals surface area contributed by atoms with E-state index in [0.29, 0.717) is 16.1 Å². The third-order valence-electron chi connectivity index (χ3n) is 2.43. The fourth-order valence-electron chi connectivity index (χ4n) is 1.62. The summed E-state index contributed by atoms with van der Waals surface area (Å²) in [6, 6.07) is 5.78. The van der Waals surface area contributed by atoms with Gasteiger partial charge in [-0.3, -0.25) is 0 Å². The lowest BCUT2D eigenvalue weighted by molar-refractivity contribution is 0.605. The van der Waals surface area contributed by atoms with Crippen molar-refractivity contribution in [3.05, 3.63) is 40.8 Å². The van der Waals surface area contributed by atoms with Gasteiger partial charge >= 0.3 is 0 Å². The molecule has 0 radical (unpaired) electrons. The first-order chi connectivity index (χ1) is 7.59. The van der Waals surface area contributed by atoms with Gasteiger partial charge < -0.3 is 4.57 Å². The van der Waals surface area contributed by atoms with Crippen LogP contribution in [0.3, 0.4) is 0 Å². The molecule has 4 heteroatoms. The first-order valence-corrected chi connectivity index (χ1v) is 5.82. The van der Waals surface area contributed by atoms with Crippen LogP contribution < -0.4 is 0 Å². The molecule has 1 heterocycles. The first kappa shape index (κ1) is 11.5. The van der Waals surface area contributed by atoms with E-state index in [-0.39, 0.29) is 0 Å². The van der Waals surface area contributed by atoms with Gasteiger partial charge in [0.25, 0.3) is 0 Å². The summed E-state index contributed by atoms with van der Waals surface area (Å²) >= 11 is 12.1. The fraction of sp³-hybridized carbons (Fsp3) is 0.250. The van der Waals surface area contributed by atoms with Crippen LogP contribution in [0.5, 0.6) is 0 Å². The zero-order valence-electron chi connectivity index (χ0n) is 9.11. The van der Waals surface area contributed by atoms with Crippen LogP contribution in [0.25, 0.3) is 11.3 Å². The summed E-state index contributed by atoms with van der Waals surface area (Å²) in [4.78, 5) is 4.15. The van der Waals surface area contributed by atoms with Crippen molar-refractivity contribution in [3.63, 3.8) is 0 Å². The van der Waals surface area contributed by atoms with Crippen LogP contribution >= 0.6 is 23.2 Å². The molecule has 0 saturated heterocycles. The number of nitrogens with zero attached hydrogens (tertiary/aromatic N) is 2. The minimum absolute atomic E-state index is 0.340. The number of imidazole rings is 1. The maximum absolute atomic E-state index is 6.16. The van der Waals surface area contributed by atoms with E-state index in [1.807, 2.05) is 6.07 Å². The number of halogens is 2. The van der Waals surface area contributed by atoms with Crippen molar-refractivity contribution in [3.8, 4) is 11.3 Å². The molecule has 0 aliphatic heterocycles. The van der Waals surface area contributed by atoms with Gasteiger partial charge in [0, 0.05) is 16.6 Å². The summed E-state index contributed by atoms with van der Waals surface area (Å²) in [6.07, 6.45) is 3.61.